The normalized spacial score (nSPS) is 11.6. The molecule has 2 N–H and O–H groups in total. The van der Waals surface area contributed by atoms with E-state index in [9.17, 15) is 9.59 Å². The maximum atomic E-state index is 13.2. The van der Waals surface area contributed by atoms with E-state index >= 15 is 0 Å². The molecule has 0 fully saturated rings. The summed E-state index contributed by atoms with van der Waals surface area (Å²) < 4.78 is 12.1. The minimum Gasteiger partial charge on any atom is -0.490 e. The van der Waals surface area contributed by atoms with E-state index in [0.717, 1.165) is 35.3 Å². The number of aryl methyl sites for hydroxylation is 1. The molecule has 3 aromatic carbocycles. The molecular formula is C29H33NO4. The smallest absolute Gasteiger partial charge is 0.176 e. The molecule has 0 saturated carbocycles. The van der Waals surface area contributed by atoms with E-state index in [1.54, 1.807) is 18.2 Å². The highest BCUT2D eigenvalue weighted by Crippen LogP contribution is 2.27. The first-order chi connectivity index (χ1) is 16.4. The number of ketones is 2. The average Bonchev–Trinajstić information content (AvgIpc) is 2.88. The Balaban J connectivity index is 1.83. The van der Waals surface area contributed by atoms with Gasteiger partial charge in [-0.1, -0.05) is 68.4 Å². The number of nitrogens with two attached hydrogens (primary N) is 1. The predicted molar refractivity (Wildman–Crippen MR) is 135 cm³/mol. The fourth-order valence-electron chi connectivity index (χ4n) is 3.57. The van der Waals surface area contributed by atoms with Gasteiger partial charge in [-0.3, -0.25) is 9.59 Å². The molecule has 0 bridgehead atoms. The van der Waals surface area contributed by atoms with Gasteiger partial charge in [0.2, 0.25) is 0 Å². The van der Waals surface area contributed by atoms with Crippen LogP contribution in [0.1, 0.15) is 64.6 Å². The molecule has 0 aliphatic heterocycles. The van der Waals surface area contributed by atoms with Crippen molar-refractivity contribution in [1.82, 2.24) is 0 Å². The summed E-state index contributed by atoms with van der Waals surface area (Å²) in [6, 6.07) is 20.8. The first-order valence-corrected chi connectivity index (χ1v) is 11.8. The van der Waals surface area contributed by atoms with E-state index in [-0.39, 0.29) is 30.6 Å². The van der Waals surface area contributed by atoms with Gasteiger partial charge in [0.05, 0.1) is 12.6 Å². The van der Waals surface area contributed by atoms with Gasteiger partial charge in [-0.25, -0.2) is 0 Å². The number of ether oxygens (including phenoxy) is 2. The van der Waals surface area contributed by atoms with Gasteiger partial charge in [-0.15, -0.1) is 0 Å². The molecule has 0 heterocycles. The number of hydrogen-bond donors (Lipinski definition) is 1. The van der Waals surface area contributed by atoms with Crippen molar-refractivity contribution < 1.29 is 19.1 Å². The van der Waals surface area contributed by atoms with Crippen molar-refractivity contribution in [1.29, 1.82) is 0 Å². The average molecular weight is 460 g/mol. The van der Waals surface area contributed by atoms with Crippen molar-refractivity contribution in [3.63, 3.8) is 0 Å². The van der Waals surface area contributed by atoms with E-state index in [0.29, 0.717) is 23.5 Å². The van der Waals surface area contributed by atoms with E-state index in [2.05, 4.69) is 6.92 Å². The maximum absolute atomic E-state index is 13.2. The van der Waals surface area contributed by atoms with Gasteiger partial charge < -0.3 is 15.2 Å². The zero-order valence-electron chi connectivity index (χ0n) is 20.2. The Bertz CT molecular complexity index is 1120. The number of benzene rings is 3. The van der Waals surface area contributed by atoms with E-state index < -0.39 is 0 Å². The zero-order valence-corrected chi connectivity index (χ0v) is 20.2. The molecule has 34 heavy (non-hydrogen) atoms. The minimum atomic E-state index is -0.165. The first kappa shape index (κ1) is 25.2. The Morgan fingerprint density at radius 1 is 0.853 bits per heavy atom. The van der Waals surface area contributed by atoms with Crippen LogP contribution in [0.25, 0.3) is 0 Å². The molecule has 1 unspecified atom stereocenters. The van der Waals surface area contributed by atoms with Crippen molar-refractivity contribution in [3.8, 4) is 11.5 Å². The van der Waals surface area contributed by atoms with Crippen LogP contribution in [0.5, 0.6) is 11.5 Å². The summed E-state index contributed by atoms with van der Waals surface area (Å²) in [6.45, 7) is 6.42. The number of carbonyl (C=O) groups is 2. The SMILES string of the molecule is CCc1ccc(C(=O)Cc2ccc(C(=O)CN)cc2OC(C)CC)cc1OCc1ccccc1. The Labute approximate surface area is 201 Å². The largest absolute Gasteiger partial charge is 0.490 e. The summed E-state index contributed by atoms with van der Waals surface area (Å²) >= 11 is 0. The van der Waals surface area contributed by atoms with E-state index in [4.69, 9.17) is 15.2 Å². The third-order valence-electron chi connectivity index (χ3n) is 5.84. The van der Waals surface area contributed by atoms with E-state index in [1.807, 2.05) is 62.4 Å². The third kappa shape index (κ3) is 6.55. The summed E-state index contributed by atoms with van der Waals surface area (Å²) in [4.78, 5) is 25.3. The van der Waals surface area contributed by atoms with Crippen molar-refractivity contribution in [2.24, 2.45) is 5.73 Å². The molecular weight excluding hydrogens is 426 g/mol. The van der Waals surface area contributed by atoms with Crippen molar-refractivity contribution in [3.05, 3.63) is 94.5 Å². The Hall–Kier alpha value is -3.44. The summed E-state index contributed by atoms with van der Waals surface area (Å²) in [7, 11) is 0. The van der Waals surface area contributed by atoms with Crippen LogP contribution >= 0.6 is 0 Å². The lowest BCUT2D eigenvalue weighted by Crippen LogP contribution is -2.16. The molecule has 0 saturated heterocycles. The maximum Gasteiger partial charge on any atom is 0.176 e. The molecule has 0 spiro atoms. The van der Waals surface area contributed by atoms with Gasteiger partial charge in [-0.05, 0) is 43.0 Å². The van der Waals surface area contributed by atoms with Crippen LogP contribution < -0.4 is 15.2 Å². The van der Waals surface area contributed by atoms with Gasteiger partial charge in [0, 0.05) is 23.1 Å². The summed E-state index contributed by atoms with van der Waals surface area (Å²) in [5, 5.41) is 0. The molecule has 3 rings (SSSR count). The minimum absolute atomic E-state index is 0.0425. The monoisotopic (exact) mass is 459 g/mol. The first-order valence-electron chi connectivity index (χ1n) is 11.8. The quantitative estimate of drug-likeness (QED) is 0.358. The van der Waals surface area contributed by atoms with Crippen LogP contribution in [0.4, 0.5) is 0 Å². The molecule has 0 aliphatic carbocycles. The lowest BCUT2D eigenvalue weighted by Gasteiger charge is -2.17. The fourth-order valence-corrected chi connectivity index (χ4v) is 3.57. The van der Waals surface area contributed by atoms with E-state index in [1.165, 1.54) is 0 Å². The highest BCUT2D eigenvalue weighted by Gasteiger charge is 2.17. The number of carbonyl (C=O) groups excluding carboxylic acids is 2. The summed E-state index contributed by atoms with van der Waals surface area (Å²) in [5.74, 6) is 1.06. The Morgan fingerprint density at radius 2 is 1.50 bits per heavy atom. The molecule has 5 heteroatoms. The van der Waals surface area contributed by atoms with Crippen molar-refractivity contribution >= 4 is 11.6 Å². The molecule has 0 aliphatic rings. The summed E-state index contributed by atoms with van der Waals surface area (Å²) in [6.07, 6.45) is 1.73. The predicted octanol–water partition coefficient (Wildman–Crippen LogP) is 5.57. The van der Waals surface area contributed by atoms with Crippen LogP contribution in [0.3, 0.4) is 0 Å². The van der Waals surface area contributed by atoms with Crippen LogP contribution in [0.2, 0.25) is 0 Å². The van der Waals surface area contributed by atoms with Gasteiger partial charge in [0.25, 0.3) is 0 Å². The second-order valence-electron chi connectivity index (χ2n) is 8.34. The number of Topliss-reactive ketones (excluding diaryl/α,β-unsaturated/α-hetero) is 2. The van der Waals surface area contributed by atoms with Gasteiger partial charge in [-0.2, -0.15) is 0 Å². The molecule has 178 valence electrons. The molecule has 0 aromatic heterocycles. The number of rotatable bonds is 12. The zero-order chi connectivity index (χ0) is 24.5. The second kappa shape index (κ2) is 12.1. The highest BCUT2D eigenvalue weighted by atomic mass is 16.5. The lowest BCUT2D eigenvalue weighted by atomic mass is 9.98. The lowest BCUT2D eigenvalue weighted by molar-refractivity contribution is 0.0988. The van der Waals surface area contributed by atoms with Gasteiger partial charge >= 0.3 is 0 Å². The molecule has 0 radical (unpaired) electrons. The van der Waals surface area contributed by atoms with Crippen LogP contribution in [-0.2, 0) is 19.4 Å². The highest BCUT2D eigenvalue weighted by molar-refractivity contribution is 6.00. The van der Waals surface area contributed by atoms with Crippen LogP contribution in [-0.4, -0.2) is 24.2 Å². The summed E-state index contributed by atoms with van der Waals surface area (Å²) in [5.41, 5.74) is 9.45. The molecule has 0 amide bonds. The van der Waals surface area contributed by atoms with Gasteiger partial charge in [0.1, 0.15) is 18.1 Å². The standard InChI is InChI=1S/C29H33NO4/c1-4-20(3)34-29-17-24(27(32)18-30)13-14-25(29)15-26(31)23-12-11-22(5-2)28(16-23)33-19-21-9-7-6-8-10-21/h6-14,16-17,20H,4-5,15,18-19,30H2,1-3H3. The number of hydrogen-bond acceptors (Lipinski definition) is 5. The Morgan fingerprint density at radius 3 is 2.15 bits per heavy atom. The second-order valence-corrected chi connectivity index (χ2v) is 8.34. The van der Waals surface area contributed by atoms with Crippen molar-refractivity contribution in [2.75, 3.05) is 6.54 Å². The molecule has 3 aromatic rings. The molecule has 5 nitrogen and oxygen atoms in total. The van der Waals surface area contributed by atoms with Crippen LogP contribution in [0.15, 0.2) is 66.7 Å². The Kier molecular flexibility index (Phi) is 9.00. The topological polar surface area (TPSA) is 78.6 Å². The third-order valence-corrected chi connectivity index (χ3v) is 5.84. The van der Waals surface area contributed by atoms with Gasteiger partial charge in [0.15, 0.2) is 11.6 Å². The molecule has 1 atom stereocenters. The van der Waals surface area contributed by atoms with Crippen molar-refractivity contribution in [2.45, 2.75) is 52.7 Å². The fraction of sp³-hybridized carbons (Fsp3) is 0.310. The van der Waals surface area contributed by atoms with Crippen LogP contribution in [0, 0.1) is 0 Å².